The van der Waals surface area contributed by atoms with Gasteiger partial charge in [0.25, 0.3) is 0 Å². The summed E-state index contributed by atoms with van der Waals surface area (Å²) in [6, 6.07) is 8.01. The zero-order valence-corrected chi connectivity index (χ0v) is 12.4. The monoisotopic (exact) mass is 297 g/mol. The molecule has 0 fully saturated rings. The fourth-order valence-electron chi connectivity index (χ4n) is 2.41. The Morgan fingerprint density at radius 2 is 2.14 bits per heavy atom. The first kappa shape index (κ1) is 14.3. The van der Waals surface area contributed by atoms with Crippen LogP contribution < -0.4 is 5.32 Å². The molecule has 114 valence electrons. The summed E-state index contributed by atoms with van der Waals surface area (Å²) in [4.78, 5) is 15.8. The topological polar surface area (TPSA) is 64.7 Å². The smallest absolute Gasteiger partial charge is 0.221 e. The van der Waals surface area contributed by atoms with Crippen molar-refractivity contribution in [3.05, 3.63) is 49.2 Å². The van der Waals surface area contributed by atoms with Crippen molar-refractivity contribution in [2.24, 2.45) is 0 Å². The van der Waals surface area contributed by atoms with Crippen LogP contribution >= 0.6 is 0 Å². The van der Waals surface area contributed by atoms with Gasteiger partial charge in [-0.2, -0.15) is 5.10 Å². The zero-order valence-electron chi connectivity index (χ0n) is 12.4. The van der Waals surface area contributed by atoms with Crippen molar-refractivity contribution in [3.63, 3.8) is 0 Å². The molecule has 0 atom stereocenters. The first-order valence-corrected chi connectivity index (χ1v) is 7.46. The third-order valence-corrected chi connectivity index (χ3v) is 3.58. The van der Waals surface area contributed by atoms with Gasteiger partial charge in [-0.15, -0.1) is 0 Å². The molecule has 6 heteroatoms. The van der Waals surface area contributed by atoms with Gasteiger partial charge in [-0.05, 0) is 12.5 Å². The van der Waals surface area contributed by atoms with Crippen molar-refractivity contribution in [2.45, 2.75) is 25.9 Å². The van der Waals surface area contributed by atoms with Gasteiger partial charge in [0, 0.05) is 37.3 Å². The molecule has 3 rings (SSSR count). The highest BCUT2D eigenvalue weighted by Gasteiger charge is 2.05. The van der Waals surface area contributed by atoms with Crippen molar-refractivity contribution in [1.82, 2.24) is 24.6 Å². The van der Waals surface area contributed by atoms with Gasteiger partial charge in [0.1, 0.15) is 0 Å². The maximum absolute atomic E-state index is 11.9. The lowest BCUT2D eigenvalue weighted by Crippen LogP contribution is -2.26. The van der Waals surface area contributed by atoms with Crippen molar-refractivity contribution in [2.75, 3.05) is 6.54 Å². The summed E-state index contributed by atoms with van der Waals surface area (Å²) in [5.41, 5.74) is 1.07. The Labute approximate surface area is 128 Å². The summed E-state index contributed by atoms with van der Waals surface area (Å²) in [5.74, 6) is 0.0604. The van der Waals surface area contributed by atoms with Crippen molar-refractivity contribution in [3.8, 4) is 0 Å². The van der Waals surface area contributed by atoms with Crippen LogP contribution in [0.3, 0.4) is 0 Å². The van der Waals surface area contributed by atoms with Crippen LogP contribution in [0.15, 0.2) is 49.2 Å². The first-order valence-electron chi connectivity index (χ1n) is 7.46. The molecule has 0 spiro atoms. The van der Waals surface area contributed by atoms with Crippen LogP contribution in [0.4, 0.5) is 0 Å². The van der Waals surface area contributed by atoms with E-state index >= 15 is 0 Å². The highest BCUT2D eigenvalue weighted by molar-refractivity contribution is 5.79. The van der Waals surface area contributed by atoms with Crippen molar-refractivity contribution >= 4 is 16.8 Å². The molecule has 0 aliphatic carbocycles. The first-order chi connectivity index (χ1) is 10.8. The SMILES string of the molecule is O=C(CCn1ncc2ccccc21)NCCCn1ccnc1. The lowest BCUT2D eigenvalue weighted by atomic mass is 10.2. The Hall–Kier alpha value is -2.63. The van der Waals surface area contributed by atoms with Crippen LogP contribution in [-0.4, -0.2) is 31.8 Å². The second kappa shape index (κ2) is 6.89. The standard InChI is InChI=1S/C16H19N5O/c22-16(18-7-3-9-20-11-8-17-13-20)6-10-21-15-5-2-1-4-14(15)12-19-21/h1-2,4-5,8,11-13H,3,6-7,9-10H2,(H,18,22). The molecule has 0 aliphatic rings. The number of aryl methyl sites for hydroxylation is 2. The lowest BCUT2D eigenvalue weighted by Gasteiger charge is -2.06. The number of rotatable bonds is 7. The molecule has 1 amide bonds. The molecular formula is C16H19N5O. The molecule has 0 bridgehead atoms. The summed E-state index contributed by atoms with van der Waals surface area (Å²) in [7, 11) is 0. The van der Waals surface area contributed by atoms with E-state index in [0.29, 0.717) is 19.5 Å². The van der Waals surface area contributed by atoms with Crippen LogP contribution in [0.1, 0.15) is 12.8 Å². The highest BCUT2D eigenvalue weighted by atomic mass is 16.1. The van der Waals surface area contributed by atoms with Gasteiger partial charge < -0.3 is 9.88 Å². The van der Waals surface area contributed by atoms with Gasteiger partial charge >= 0.3 is 0 Å². The summed E-state index contributed by atoms with van der Waals surface area (Å²) in [5, 5.41) is 8.37. The van der Waals surface area contributed by atoms with E-state index < -0.39 is 0 Å². The molecule has 22 heavy (non-hydrogen) atoms. The average Bonchev–Trinajstić information content (AvgIpc) is 3.19. The molecule has 1 N–H and O–H groups in total. The van der Waals surface area contributed by atoms with Gasteiger partial charge in [-0.1, -0.05) is 18.2 Å². The maximum atomic E-state index is 11.9. The number of aromatic nitrogens is 4. The minimum Gasteiger partial charge on any atom is -0.356 e. The zero-order chi connectivity index (χ0) is 15.2. The average molecular weight is 297 g/mol. The molecule has 0 saturated heterocycles. The predicted octanol–water partition coefficient (Wildman–Crippen LogP) is 1.83. The third kappa shape index (κ3) is 3.52. The number of carbonyl (C=O) groups excluding carboxylic acids is 1. The Kier molecular flexibility index (Phi) is 4.48. The van der Waals surface area contributed by atoms with E-state index in [9.17, 15) is 4.79 Å². The molecule has 3 aromatic rings. The fraction of sp³-hybridized carbons (Fsp3) is 0.312. The highest BCUT2D eigenvalue weighted by Crippen LogP contribution is 2.12. The third-order valence-electron chi connectivity index (χ3n) is 3.58. The second-order valence-electron chi connectivity index (χ2n) is 5.18. The molecule has 6 nitrogen and oxygen atoms in total. The molecule has 0 aliphatic heterocycles. The van der Waals surface area contributed by atoms with E-state index in [1.807, 2.05) is 45.9 Å². The van der Waals surface area contributed by atoms with E-state index in [0.717, 1.165) is 23.9 Å². The van der Waals surface area contributed by atoms with Gasteiger partial charge in [-0.3, -0.25) is 9.48 Å². The fourth-order valence-corrected chi connectivity index (χ4v) is 2.41. The molecule has 2 heterocycles. The number of amides is 1. The molecule has 0 radical (unpaired) electrons. The van der Waals surface area contributed by atoms with Crippen molar-refractivity contribution < 1.29 is 4.79 Å². The van der Waals surface area contributed by atoms with Gasteiger partial charge in [-0.25, -0.2) is 4.98 Å². The minimum atomic E-state index is 0.0604. The van der Waals surface area contributed by atoms with E-state index in [1.165, 1.54) is 0 Å². The number of benzene rings is 1. The summed E-state index contributed by atoms with van der Waals surface area (Å²) < 4.78 is 3.88. The maximum Gasteiger partial charge on any atom is 0.221 e. The van der Waals surface area contributed by atoms with Crippen LogP contribution in [0.25, 0.3) is 10.9 Å². The van der Waals surface area contributed by atoms with E-state index in [4.69, 9.17) is 0 Å². The second-order valence-corrected chi connectivity index (χ2v) is 5.18. The Bertz CT molecular complexity index is 732. The Balaban J connectivity index is 1.40. The van der Waals surface area contributed by atoms with E-state index in [1.54, 1.807) is 12.5 Å². The molecule has 0 saturated carbocycles. The van der Waals surface area contributed by atoms with Crippen molar-refractivity contribution in [1.29, 1.82) is 0 Å². The number of para-hydroxylation sites is 1. The van der Waals surface area contributed by atoms with Gasteiger partial charge in [0.05, 0.1) is 24.6 Å². The summed E-state index contributed by atoms with van der Waals surface area (Å²) in [6.07, 6.45) is 8.63. The lowest BCUT2D eigenvalue weighted by molar-refractivity contribution is -0.121. The number of hydrogen-bond donors (Lipinski definition) is 1. The minimum absolute atomic E-state index is 0.0604. The predicted molar refractivity (Wildman–Crippen MR) is 84.2 cm³/mol. The number of nitrogens with zero attached hydrogens (tertiary/aromatic N) is 4. The Morgan fingerprint density at radius 3 is 3.00 bits per heavy atom. The largest absolute Gasteiger partial charge is 0.356 e. The van der Waals surface area contributed by atoms with Crippen LogP contribution in [-0.2, 0) is 17.9 Å². The quantitative estimate of drug-likeness (QED) is 0.677. The molecule has 2 aromatic heterocycles. The van der Waals surface area contributed by atoms with E-state index in [2.05, 4.69) is 15.4 Å². The van der Waals surface area contributed by atoms with Crippen LogP contribution in [0, 0.1) is 0 Å². The number of nitrogens with one attached hydrogen (secondary N) is 1. The van der Waals surface area contributed by atoms with Gasteiger partial charge in [0.2, 0.25) is 5.91 Å². The molecular weight excluding hydrogens is 278 g/mol. The molecule has 1 aromatic carbocycles. The number of hydrogen-bond acceptors (Lipinski definition) is 3. The number of fused-ring (bicyclic) bond motifs is 1. The van der Waals surface area contributed by atoms with E-state index in [-0.39, 0.29) is 5.91 Å². The summed E-state index contributed by atoms with van der Waals surface area (Å²) in [6.45, 7) is 2.14. The number of carbonyl (C=O) groups is 1. The van der Waals surface area contributed by atoms with Gasteiger partial charge in [0.15, 0.2) is 0 Å². The normalized spacial score (nSPS) is 10.9. The summed E-state index contributed by atoms with van der Waals surface area (Å²) >= 11 is 0. The molecule has 0 unspecified atom stereocenters. The number of imidazole rings is 1. The Morgan fingerprint density at radius 1 is 1.23 bits per heavy atom. The van der Waals surface area contributed by atoms with Crippen LogP contribution in [0.5, 0.6) is 0 Å². The van der Waals surface area contributed by atoms with Crippen LogP contribution in [0.2, 0.25) is 0 Å².